The Labute approximate surface area is 103 Å². The van der Waals surface area contributed by atoms with Crippen LogP contribution in [0.25, 0.3) is 0 Å². The van der Waals surface area contributed by atoms with Crippen LogP contribution in [0.3, 0.4) is 0 Å². The molecule has 2 nitrogen and oxygen atoms in total. The van der Waals surface area contributed by atoms with Crippen LogP contribution in [0.4, 0.5) is 0 Å². The van der Waals surface area contributed by atoms with E-state index in [-0.39, 0.29) is 0 Å². The molecule has 0 fully saturated rings. The van der Waals surface area contributed by atoms with Gasteiger partial charge in [-0.15, -0.1) is 0 Å². The molecule has 0 aromatic heterocycles. The van der Waals surface area contributed by atoms with Crippen molar-refractivity contribution in [3.05, 3.63) is 0 Å². The number of hydrogen-bond acceptors (Lipinski definition) is 2. The van der Waals surface area contributed by atoms with Crippen molar-refractivity contribution in [2.75, 3.05) is 20.1 Å². The largest absolute Gasteiger partial charge is 0.315 e. The molecular weight excluding hydrogens is 196 g/mol. The molecule has 0 aliphatic rings. The fraction of sp³-hybridized carbons (Fsp3) is 1.00. The maximum Gasteiger partial charge on any atom is 0.00643 e. The second-order valence-corrected chi connectivity index (χ2v) is 5.29. The predicted molar refractivity (Wildman–Crippen MR) is 74.0 cm³/mol. The number of unbranched alkanes of at least 4 members (excludes halogenated alkanes) is 2. The molecule has 1 unspecified atom stereocenters. The highest BCUT2D eigenvalue weighted by molar-refractivity contribution is 4.64. The zero-order valence-electron chi connectivity index (χ0n) is 12.1. The third kappa shape index (κ3) is 9.17. The molecule has 0 saturated heterocycles. The molecule has 0 amide bonds. The maximum absolute atomic E-state index is 3.47. The first-order chi connectivity index (χ1) is 7.57. The fourth-order valence-electron chi connectivity index (χ4n) is 1.84. The number of nitrogens with zero attached hydrogens (tertiary/aromatic N) is 1. The van der Waals surface area contributed by atoms with Crippen molar-refractivity contribution >= 4 is 0 Å². The predicted octanol–water partition coefficient (Wildman–Crippen LogP) is 3.28. The van der Waals surface area contributed by atoms with Crippen molar-refractivity contribution in [2.45, 2.75) is 71.9 Å². The lowest BCUT2D eigenvalue weighted by Gasteiger charge is -2.24. The molecule has 0 aromatic carbocycles. The monoisotopic (exact) mass is 228 g/mol. The molecule has 16 heavy (non-hydrogen) atoms. The van der Waals surface area contributed by atoms with Crippen LogP contribution in [0.2, 0.25) is 0 Å². The SMILES string of the molecule is CCCCCN(C)C(C)CCCNC(C)C. The summed E-state index contributed by atoms with van der Waals surface area (Å²) in [6, 6.07) is 1.35. The average molecular weight is 228 g/mol. The minimum Gasteiger partial charge on any atom is -0.315 e. The summed E-state index contributed by atoms with van der Waals surface area (Å²) in [5, 5.41) is 3.47. The van der Waals surface area contributed by atoms with Gasteiger partial charge in [-0.1, -0.05) is 33.6 Å². The minimum atomic E-state index is 0.623. The lowest BCUT2D eigenvalue weighted by atomic mass is 10.1. The van der Waals surface area contributed by atoms with E-state index in [2.05, 4.69) is 45.0 Å². The lowest BCUT2D eigenvalue weighted by Crippen LogP contribution is -2.31. The second kappa shape index (κ2) is 10.1. The molecule has 0 aromatic rings. The van der Waals surface area contributed by atoms with Crippen LogP contribution >= 0.6 is 0 Å². The van der Waals surface area contributed by atoms with E-state index in [1.807, 2.05) is 0 Å². The van der Waals surface area contributed by atoms with Crippen LogP contribution in [-0.2, 0) is 0 Å². The van der Waals surface area contributed by atoms with Gasteiger partial charge in [-0.3, -0.25) is 0 Å². The van der Waals surface area contributed by atoms with Crippen LogP contribution in [-0.4, -0.2) is 37.1 Å². The van der Waals surface area contributed by atoms with Crippen LogP contribution in [0, 0.1) is 0 Å². The summed E-state index contributed by atoms with van der Waals surface area (Å²) in [6.45, 7) is 11.4. The summed E-state index contributed by atoms with van der Waals surface area (Å²) in [5.74, 6) is 0. The topological polar surface area (TPSA) is 15.3 Å². The van der Waals surface area contributed by atoms with Gasteiger partial charge in [0.1, 0.15) is 0 Å². The number of rotatable bonds is 10. The van der Waals surface area contributed by atoms with Crippen molar-refractivity contribution in [3.63, 3.8) is 0 Å². The van der Waals surface area contributed by atoms with Gasteiger partial charge in [0, 0.05) is 12.1 Å². The van der Waals surface area contributed by atoms with Crippen molar-refractivity contribution in [3.8, 4) is 0 Å². The molecule has 0 aliphatic heterocycles. The fourth-order valence-corrected chi connectivity index (χ4v) is 1.84. The second-order valence-electron chi connectivity index (χ2n) is 5.29. The zero-order chi connectivity index (χ0) is 12.4. The maximum atomic E-state index is 3.47. The third-order valence-corrected chi connectivity index (χ3v) is 3.22. The van der Waals surface area contributed by atoms with Gasteiger partial charge in [0.25, 0.3) is 0 Å². The van der Waals surface area contributed by atoms with E-state index in [1.54, 1.807) is 0 Å². The normalized spacial score (nSPS) is 13.7. The number of nitrogens with one attached hydrogen (secondary N) is 1. The highest BCUT2D eigenvalue weighted by atomic mass is 15.1. The van der Waals surface area contributed by atoms with E-state index in [0.29, 0.717) is 6.04 Å². The molecule has 1 atom stereocenters. The highest BCUT2D eigenvalue weighted by Crippen LogP contribution is 2.06. The molecule has 0 spiro atoms. The number of hydrogen-bond donors (Lipinski definition) is 1. The minimum absolute atomic E-state index is 0.623. The zero-order valence-corrected chi connectivity index (χ0v) is 12.1. The average Bonchev–Trinajstić information content (AvgIpc) is 2.24. The Bertz CT molecular complexity index is 146. The van der Waals surface area contributed by atoms with Crippen LogP contribution < -0.4 is 5.32 Å². The summed E-state index contributed by atoms with van der Waals surface area (Å²) in [4.78, 5) is 2.50. The standard InChI is InChI=1S/C14H32N2/c1-6-7-8-12-16(5)14(4)10-9-11-15-13(2)3/h13-15H,6-12H2,1-5H3. The molecule has 0 aliphatic carbocycles. The first kappa shape index (κ1) is 15.9. The molecule has 0 heterocycles. The van der Waals surface area contributed by atoms with Gasteiger partial charge in [-0.25, -0.2) is 0 Å². The Morgan fingerprint density at radius 1 is 1.06 bits per heavy atom. The molecule has 0 bridgehead atoms. The van der Waals surface area contributed by atoms with E-state index in [0.717, 1.165) is 12.6 Å². The van der Waals surface area contributed by atoms with Gasteiger partial charge < -0.3 is 10.2 Å². The molecule has 98 valence electrons. The molecule has 0 saturated carbocycles. The van der Waals surface area contributed by atoms with Crippen molar-refractivity contribution in [2.24, 2.45) is 0 Å². The molecule has 0 radical (unpaired) electrons. The van der Waals surface area contributed by atoms with Gasteiger partial charge in [-0.05, 0) is 46.3 Å². The van der Waals surface area contributed by atoms with Gasteiger partial charge in [0.2, 0.25) is 0 Å². The summed E-state index contributed by atoms with van der Waals surface area (Å²) in [5.41, 5.74) is 0. The van der Waals surface area contributed by atoms with Crippen molar-refractivity contribution < 1.29 is 0 Å². The summed E-state index contributed by atoms with van der Waals surface area (Å²) < 4.78 is 0. The Balaban J connectivity index is 3.43. The first-order valence-electron chi connectivity index (χ1n) is 7.01. The summed E-state index contributed by atoms with van der Waals surface area (Å²) in [7, 11) is 2.26. The Kier molecular flexibility index (Phi) is 10.0. The summed E-state index contributed by atoms with van der Waals surface area (Å²) in [6.07, 6.45) is 6.63. The summed E-state index contributed by atoms with van der Waals surface area (Å²) >= 11 is 0. The molecule has 0 rings (SSSR count). The van der Waals surface area contributed by atoms with E-state index in [1.165, 1.54) is 38.6 Å². The molecule has 2 heteroatoms. The smallest absolute Gasteiger partial charge is 0.00643 e. The van der Waals surface area contributed by atoms with E-state index in [4.69, 9.17) is 0 Å². The molecular formula is C14H32N2. The van der Waals surface area contributed by atoms with Crippen LogP contribution in [0.5, 0.6) is 0 Å². The quantitative estimate of drug-likeness (QED) is 0.577. The van der Waals surface area contributed by atoms with Gasteiger partial charge >= 0.3 is 0 Å². The lowest BCUT2D eigenvalue weighted by molar-refractivity contribution is 0.237. The third-order valence-electron chi connectivity index (χ3n) is 3.22. The molecule has 1 N–H and O–H groups in total. The van der Waals surface area contributed by atoms with Gasteiger partial charge in [0.05, 0.1) is 0 Å². The first-order valence-corrected chi connectivity index (χ1v) is 7.01. The Morgan fingerprint density at radius 2 is 1.75 bits per heavy atom. The van der Waals surface area contributed by atoms with E-state index < -0.39 is 0 Å². The Hall–Kier alpha value is -0.0800. The van der Waals surface area contributed by atoms with Crippen LogP contribution in [0.15, 0.2) is 0 Å². The van der Waals surface area contributed by atoms with E-state index >= 15 is 0 Å². The van der Waals surface area contributed by atoms with Crippen molar-refractivity contribution in [1.82, 2.24) is 10.2 Å². The Morgan fingerprint density at radius 3 is 2.31 bits per heavy atom. The highest BCUT2D eigenvalue weighted by Gasteiger charge is 2.07. The van der Waals surface area contributed by atoms with Crippen molar-refractivity contribution in [1.29, 1.82) is 0 Å². The van der Waals surface area contributed by atoms with Gasteiger partial charge in [0.15, 0.2) is 0 Å². The van der Waals surface area contributed by atoms with Crippen LogP contribution in [0.1, 0.15) is 59.8 Å². The van der Waals surface area contributed by atoms with Gasteiger partial charge in [-0.2, -0.15) is 0 Å². The van der Waals surface area contributed by atoms with E-state index in [9.17, 15) is 0 Å².